The third-order valence-corrected chi connectivity index (χ3v) is 2.48. The van der Waals surface area contributed by atoms with Crippen LogP contribution in [0, 0.1) is 0 Å². The van der Waals surface area contributed by atoms with Crippen molar-refractivity contribution in [3.8, 4) is 0 Å². The van der Waals surface area contributed by atoms with Crippen LogP contribution in [0.3, 0.4) is 0 Å². The molecule has 0 aromatic carbocycles. The second kappa shape index (κ2) is 5.04. The van der Waals surface area contributed by atoms with E-state index in [1.54, 1.807) is 0 Å². The van der Waals surface area contributed by atoms with Gasteiger partial charge in [0.1, 0.15) is 18.3 Å². The zero-order chi connectivity index (χ0) is 12.5. The van der Waals surface area contributed by atoms with E-state index in [1.165, 1.54) is 14.2 Å². The van der Waals surface area contributed by atoms with Crippen molar-refractivity contribution in [2.45, 2.75) is 30.6 Å². The molecule has 16 heavy (non-hydrogen) atoms. The summed E-state index contributed by atoms with van der Waals surface area (Å²) in [4.78, 5) is 15.5. The predicted octanol–water partition coefficient (Wildman–Crippen LogP) is -2.63. The summed E-state index contributed by atoms with van der Waals surface area (Å²) >= 11 is 0. The van der Waals surface area contributed by atoms with Crippen LogP contribution in [0.15, 0.2) is 0 Å². The number of rotatable bonds is 3. The maximum absolute atomic E-state index is 10.7. The van der Waals surface area contributed by atoms with E-state index < -0.39 is 36.6 Å². The van der Waals surface area contributed by atoms with Gasteiger partial charge in [0.15, 0.2) is 12.3 Å². The number of carboxylic acids is 1. The van der Waals surface area contributed by atoms with Gasteiger partial charge in [-0.25, -0.2) is 4.79 Å². The van der Waals surface area contributed by atoms with Crippen LogP contribution in [0.2, 0.25) is 0 Å². The second-order valence-corrected chi connectivity index (χ2v) is 3.49. The van der Waals surface area contributed by atoms with E-state index in [1.807, 2.05) is 0 Å². The van der Waals surface area contributed by atoms with Crippen LogP contribution in [0.5, 0.6) is 0 Å². The highest BCUT2D eigenvalue weighted by Crippen LogP contribution is 2.23. The number of aliphatic hydroxyl groups is 3. The highest BCUT2D eigenvalue weighted by atomic mass is 16.7. The fourth-order valence-corrected chi connectivity index (χ4v) is 1.47. The summed E-state index contributed by atoms with van der Waals surface area (Å²) in [6.07, 6.45) is -7.53. The predicted molar refractivity (Wildman–Crippen MR) is 49.1 cm³/mol. The van der Waals surface area contributed by atoms with Gasteiger partial charge in [-0.05, 0) is 0 Å². The van der Waals surface area contributed by atoms with Gasteiger partial charge in [0.2, 0.25) is 0 Å². The normalized spacial score (nSPS) is 40.0. The lowest BCUT2D eigenvalue weighted by molar-refractivity contribution is -0.313. The lowest BCUT2D eigenvalue weighted by atomic mass is 9.98. The molecule has 1 fully saturated rings. The summed E-state index contributed by atoms with van der Waals surface area (Å²) in [7, 11) is 2.69. The van der Waals surface area contributed by atoms with Crippen molar-refractivity contribution in [1.82, 2.24) is 5.06 Å². The van der Waals surface area contributed by atoms with Crippen molar-refractivity contribution >= 4 is 5.97 Å². The molecule has 0 amide bonds. The van der Waals surface area contributed by atoms with Crippen molar-refractivity contribution in [2.24, 2.45) is 0 Å². The molecule has 0 saturated carbocycles. The number of aliphatic hydroxyl groups excluding tert-OH is 3. The third kappa shape index (κ3) is 2.32. The SMILES string of the molecule is CON(C)[C@@H]1OC(C(=O)O)[C@@H](O)[C@H](O)C1O. The fourth-order valence-electron chi connectivity index (χ4n) is 1.47. The number of hydrogen-bond donors (Lipinski definition) is 4. The number of aliphatic carboxylic acids is 1. The standard InChI is InChI=1S/C8H15NO7/c1-9(15-2)7-5(12)3(10)4(11)6(16-7)8(13)14/h3-7,10-12H,1-2H3,(H,13,14)/t3-,4-,5?,6?,7+/m0/s1. The van der Waals surface area contributed by atoms with Crippen molar-refractivity contribution < 1.29 is 34.8 Å². The Hall–Kier alpha value is -0.770. The van der Waals surface area contributed by atoms with E-state index in [9.17, 15) is 20.1 Å². The Kier molecular flexibility index (Phi) is 4.19. The zero-order valence-electron chi connectivity index (χ0n) is 8.85. The third-order valence-electron chi connectivity index (χ3n) is 2.48. The Morgan fingerprint density at radius 3 is 2.25 bits per heavy atom. The number of carbonyl (C=O) groups is 1. The molecular formula is C8H15NO7. The first-order chi connectivity index (χ1) is 7.40. The monoisotopic (exact) mass is 237 g/mol. The molecule has 1 saturated heterocycles. The number of ether oxygens (including phenoxy) is 1. The minimum Gasteiger partial charge on any atom is -0.479 e. The molecule has 4 N–H and O–H groups in total. The van der Waals surface area contributed by atoms with Crippen molar-refractivity contribution in [3.63, 3.8) is 0 Å². The van der Waals surface area contributed by atoms with Crippen LogP contribution in [0.4, 0.5) is 0 Å². The summed E-state index contributed by atoms with van der Waals surface area (Å²) in [5, 5.41) is 38.2. The first-order valence-electron chi connectivity index (χ1n) is 4.59. The molecule has 8 heteroatoms. The number of carboxylic acid groups (broad SMARTS) is 1. The molecule has 1 rings (SSSR count). The summed E-state index contributed by atoms with van der Waals surface area (Å²) in [5.74, 6) is -1.42. The average Bonchev–Trinajstić information content (AvgIpc) is 2.25. The van der Waals surface area contributed by atoms with E-state index in [2.05, 4.69) is 0 Å². The molecule has 94 valence electrons. The summed E-state index contributed by atoms with van der Waals surface area (Å²) < 4.78 is 4.94. The molecular weight excluding hydrogens is 222 g/mol. The minimum absolute atomic E-state index is 1.05. The first-order valence-corrected chi connectivity index (χ1v) is 4.59. The van der Waals surface area contributed by atoms with Gasteiger partial charge < -0.3 is 25.2 Å². The van der Waals surface area contributed by atoms with Gasteiger partial charge in [0, 0.05) is 7.05 Å². The lowest BCUT2D eigenvalue weighted by Crippen LogP contribution is -2.63. The number of likely N-dealkylation sites (N-methyl/N-ethyl adjacent to an activating group) is 1. The van der Waals surface area contributed by atoms with Gasteiger partial charge in [-0.2, -0.15) is 5.06 Å². The van der Waals surface area contributed by atoms with Crippen LogP contribution in [0.1, 0.15) is 0 Å². The molecule has 5 atom stereocenters. The highest BCUT2D eigenvalue weighted by molar-refractivity contribution is 5.73. The van der Waals surface area contributed by atoms with Gasteiger partial charge in [0.25, 0.3) is 0 Å². The highest BCUT2D eigenvalue weighted by Gasteiger charge is 2.48. The molecule has 0 aromatic heterocycles. The van der Waals surface area contributed by atoms with Crippen molar-refractivity contribution in [1.29, 1.82) is 0 Å². The first kappa shape index (κ1) is 13.3. The molecule has 1 heterocycles. The Morgan fingerprint density at radius 2 is 1.81 bits per heavy atom. The molecule has 2 unspecified atom stereocenters. The Labute approximate surface area is 91.6 Å². The lowest BCUT2D eigenvalue weighted by Gasteiger charge is -2.41. The molecule has 0 aromatic rings. The largest absolute Gasteiger partial charge is 0.479 e. The molecule has 0 bridgehead atoms. The van der Waals surface area contributed by atoms with Gasteiger partial charge in [0.05, 0.1) is 7.11 Å². The second-order valence-electron chi connectivity index (χ2n) is 3.49. The van der Waals surface area contributed by atoms with Gasteiger partial charge in [-0.15, -0.1) is 0 Å². The topological polar surface area (TPSA) is 120 Å². The maximum atomic E-state index is 10.7. The average molecular weight is 237 g/mol. The van der Waals surface area contributed by atoms with E-state index in [0.717, 1.165) is 5.06 Å². The van der Waals surface area contributed by atoms with Crippen LogP contribution < -0.4 is 0 Å². The van der Waals surface area contributed by atoms with E-state index in [4.69, 9.17) is 14.7 Å². The molecule has 0 spiro atoms. The van der Waals surface area contributed by atoms with Gasteiger partial charge in [-0.1, -0.05) is 0 Å². The molecule has 0 aliphatic carbocycles. The molecule has 1 aliphatic heterocycles. The van der Waals surface area contributed by atoms with Crippen molar-refractivity contribution in [3.05, 3.63) is 0 Å². The van der Waals surface area contributed by atoms with E-state index in [-0.39, 0.29) is 0 Å². The summed E-state index contributed by atoms with van der Waals surface area (Å²) in [6.45, 7) is 0. The Bertz CT molecular complexity index is 261. The van der Waals surface area contributed by atoms with Gasteiger partial charge >= 0.3 is 5.97 Å². The van der Waals surface area contributed by atoms with Crippen LogP contribution in [-0.4, -0.2) is 76.3 Å². The zero-order valence-corrected chi connectivity index (χ0v) is 8.85. The number of hydrogen-bond acceptors (Lipinski definition) is 7. The smallest absolute Gasteiger partial charge is 0.335 e. The Balaban J connectivity index is 2.85. The quantitative estimate of drug-likeness (QED) is 0.393. The molecule has 8 nitrogen and oxygen atoms in total. The maximum Gasteiger partial charge on any atom is 0.335 e. The summed E-state index contributed by atoms with van der Waals surface area (Å²) in [6, 6.07) is 0. The van der Waals surface area contributed by atoms with Crippen LogP contribution in [-0.2, 0) is 14.4 Å². The Morgan fingerprint density at radius 1 is 1.25 bits per heavy atom. The van der Waals surface area contributed by atoms with Gasteiger partial charge in [-0.3, -0.25) is 4.84 Å². The summed E-state index contributed by atoms with van der Waals surface area (Å²) in [5.41, 5.74) is 0. The van der Waals surface area contributed by atoms with Crippen LogP contribution in [0.25, 0.3) is 0 Å². The number of nitrogens with zero attached hydrogens (tertiary/aromatic N) is 1. The molecule has 0 radical (unpaired) electrons. The van der Waals surface area contributed by atoms with E-state index in [0.29, 0.717) is 0 Å². The molecule has 1 aliphatic rings. The number of hydroxylamine groups is 2. The van der Waals surface area contributed by atoms with Crippen LogP contribution >= 0.6 is 0 Å². The minimum atomic E-state index is -1.69. The van der Waals surface area contributed by atoms with E-state index >= 15 is 0 Å². The fraction of sp³-hybridized carbons (Fsp3) is 0.875. The van der Waals surface area contributed by atoms with Crippen molar-refractivity contribution in [2.75, 3.05) is 14.2 Å².